The van der Waals surface area contributed by atoms with Gasteiger partial charge in [-0.2, -0.15) is 5.26 Å². The minimum absolute atomic E-state index is 0.0195. The number of benzene rings is 3. The van der Waals surface area contributed by atoms with E-state index in [1.54, 1.807) is 21.9 Å². The standard InChI is InChI=1S/2C26H35ClN2O4.C26H33N3O4/c2*1-15(2)24(22-13-23(28-33-22)26(4,5)6)25(32)29-14-19(30)12-20(29)21(31)11-16(3)17-7-9-18(27)10-8-17;1-16(2)24(22-13-23(28-33-22)26(3,4)5)25(32)29-15-19(30)12-20(29)21(31)11-10-17-6-8-18(14-27)9-7-17/h2*7-10,13,15-16,19-20,24,30H,11-12,14H2,1-6H3;6-9,13,16,19-20,24,30H,10-12,15H2,1-5H3. The van der Waals surface area contributed by atoms with Gasteiger partial charge >= 0.3 is 0 Å². The molecular formula is C78H103Cl2N7O12. The number of nitrogens with zero attached hydrogens (tertiary/aromatic N) is 7. The average molecular weight is 1400 g/mol. The average Bonchev–Trinajstić information content (AvgIpc) is 1.68. The number of aliphatic hydroxyl groups is 3. The Morgan fingerprint density at radius 2 is 0.778 bits per heavy atom. The predicted octanol–water partition coefficient (Wildman–Crippen LogP) is 13.9. The molecule has 3 aliphatic heterocycles. The first-order valence-electron chi connectivity index (χ1n) is 34.7. The van der Waals surface area contributed by atoms with E-state index < -0.39 is 54.2 Å². The smallest absolute Gasteiger partial charge is 0.234 e. The van der Waals surface area contributed by atoms with Gasteiger partial charge in [-0.15, -0.1) is 0 Å². The lowest BCUT2D eigenvalue weighted by Gasteiger charge is -2.29. The summed E-state index contributed by atoms with van der Waals surface area (Å²) in [5, 5.41) is 53.7. The van der Waals surface area contributed by atoms with Crippen LogP contribution in [0.4, 0.5) is 0 Å². The molecule has 99 heavy (non-hydrogen) atoms. The summed E-state index contributed by atoms with van der Waals surface area (Å²) in [7, 11) is 0. The van der Waals surface area contributed by atoms with Crippen molar-refractivity contribution in [2.75, 3.05) is 19.6 Å². The zero-order valence-electron chi connectivity index (χ0n) is 60.7. The van der Waals surface area contributed by atoms with Crippen molar-refractivity contribution >= 4 is 58.3 Å². The number of β-amino-alcohol motifs (C(OH)–C–C–N with tert-alkyl or cyclic N) is 3. The lowest BCUT2D eigenvalue weighted by Crippen LogP contribution is -2.44. The van der Waals surface area contributed by atoms with Crippen LogP contribution in [0.3, 0.4) is 0 Å². The second-order valence-electron chi connectivity index (χ2n) is 31.5. The van der Waals surface area contributed by atoms with Gasteiger partial charge in [0.1, 0.15) is 35.0 Å². The third-order valence-electron chi connectivity index (χ3n) is 19.0. The van der Waals surface area contributed by atoms with Gasteiger partial charge in [0.15, 0.2) is 17.3 Å². The minimum Gasteiger partial charge on any atom is -0.391 e. The number of aliphatic hydroxyl groups excluding tert-OH is 3. The molecule has 11 unspecified atom stereocenters. The highest BCUT2D eigenvalue weighted by atomic mass is 35.5. The third-order valence-corrected chi connectivity index (χ3v) is 19.5. The van der Waals surface area contributed by atoms with E-state index in [-0.39, 0.29) is 139 Å². The Kier molecular flexibility index (Phi) is 26.7. The molecule has 3 fully saturated rings. The number of likely N-dealkylation sites (tertiary alicyclic amines) is 3. The summed E-state index contributed by atoms with van der Waals surface area (Å²) >= 11 is 12.0. The number of carbonyl (C=O) groups is 6. The number of rotatable bonds is 21. The van der Waals surface area contributed by atoms with Gasteiger partial charge in [0.05, 0.1) is 65.2 Å². The molecule has 21 heteroatoms. The van der Waals surface area contributed by atoms with Crippen molar-refractivity contribution in [2.24, 2.45) is 17.8 Å². The van der Waals surface area contributed by atoms with Gasteiger partial charge < -0.3 is 43.6 Å². The van der Waals surface area contributed by atoms with Gasteiger partial charge in [0, 0.05) is 103 Å². The Labute approximate surface area is 594 Å². The van der Waals surface area contributed by atoms with Crippen molar-refractivity contribution in [3.05, 3.63) is 158 Å². The van der Waals surface area contributed by atoms with Crippen molar-refractivity contribution in [2.45, 2.75) is 245 Å². The van der Waals surface area contributed by atoms with Gasteiger partial charge in [0.2, 0.25) is 17.7 Å². The Morgan fingerprint density at radius 1 is 0.485 bits per heavy atom. The summed E-state index contributed by atoms with van der Waals surface area (Å²) in [4.78, 5) is 85.1. The number of aryl methyl sites for hydroxylation is 1. The molecule has 9 rings (SSSR count). The van der Waals surface area contributed by atoms with E-state index in [1.165, 1.54) is 4.90 Å². The molecule has 0 bridgehead atoms. The van der Waals surface area contributed by atoms with Crippen LogP contribution in [0.15, 0.2) is 105 Å². The molecule has 6 aromatic rings. The molecule has 3 amide bonds. The molecular weight excluding hydrogens is 1300 g/mol. The van der Waals surface area contributed by atoms with Crippen molar-refractivity contribution in [3.63, 3.8) is 0 Å². The fourth-order valence-corrected chi connectivity index (χ4v) is 13.3. The quantitative estimate of drug-likeness (QED) is 0.0604. The Hall–Kier alpha value is -7.34. The predicted molar refractivity (Wildman–Crippen MR) is 380 cm³/mol. The van der Waals surface area contributed by atoms with Crippen LogP contribution in [0.25, 0.3) is 0 Å². The Morgan fingerprint density at radius 3 is 1.04 bits per heavy atom. The normalized spacial score (nSPS) is 20.4. The van der Waals surface area contributed by atoms with Crippen molar-refractivity contribution in [3.8, 4) is 6.07 Å². The molecule has 3 N–H and O–H groups in total. The van der Waals surface area contributed by atoms with E-state index in [2.05, 4.69) is 21.5 Å². The first-order valence-corrected chi connectivity index (χ1v) is 35.5. The number of aromatic nitrogens is 3. The summed E-state index contributed by atoms with van der Waals surface area (Å²) < 4.78 is 16.8. The molecule has 0 spiro atoms. The van der Waals surface area contributed by atoms with Gasteiger partial charge in [-0.1, -0.05) is 193 Å². The molecule has 0 radical (unpaired) electrons. The second kappa shape index (κ2) is 33.4. The van der Waals surface area contributed by atoms with Gasteiger partial charge in [0.25, 0.3) is 0 Å². The highest BCUT2D eigenvalue weighted by molar-refractivity contribution is 6.30. The molecule has 11 atom stereocenters. The monoisotopic (exact) mass is 1400 g/mol. The molecule has 6 heterocycles. The largest absolute Gasteiger partial charge is 0.391 e. The summed E-state index contributed by atoms with van der Waals surface area (Å²) in [6, 6.07) is 27.7. The summed E-state index contributed by atoms with van der Waals surface area (Å²) in [6.45, 7) is 34.4. The van der Waals surface area contributed by atoms with E-state index in [0.717, 1.165) is 33.8 Å². The Bertz CT molecular complexity index is 3590. The number of amides is 3. The lowest BCUT2D eigenvalue weighted by molar-refractivity contribution is -0.140. The number of hydrogen-bond acceptors (Lipinski definition) is 16. The number of nitriles is 1. The lowest BCUT2D eigenvalue weighted by atomic mass is 9.87. The summed E-state index contributed by atoms with van der Waals surface area (Å²) in [5.74, 6) is -1.20. The number of hydrogen-bond donors (Lipinski definition) is 3. The molecule has 536 valence electrons. The molecule has 0 saturated carbocycles. The van der Waals surface area contributed by atoms with Gasteiger partial charge in [-0.25, -0.2) is 0 Å². The van der Waals surface area contributed by atoms with Crippen molar-refractivity contribution < 1.29 is 57.7 Å². The van der Waals surface area contributed by atoms with Crippen LogP contribution in [0, 0.1) is 29.1 Å². The molecule has 19 nitrogen and oxygen atoms in total. The van der Waals surface area contributed by atoms with E-state index in [1.807, 2.05) is 197 Å². The van der Waals surface area contributed by atoms with Gasteiger partial charge in [-0.05, 0) is 89.1 Å². The maximum absolute atomic E-state index is 13.7. The van der Waals surface area contributed by atoms with Crippen LogP contribution >= 0.6 is 23.2 Å². The molecule has 3 aromatic heterocycles. The van der Waals surface area contributed by atoms with Crippen LogP contribution in [0.1, 0.15) is 242 Å². The van der Waals surface area contributed by atoms with Crippen LogP contribution in [-0.2, 0) is 51.4 Å². The summed E-state index contributed by atoms with van der Waals surface area (Å²) in [5.41, 5.74) is 5.27. The highest BCUT2D eigenvalue weighted by Crippen LogP contribution is 2.39. The maximum atomic E-state index is 13.7. The van der Waals surface area contributed by atoms with Crippen molar-refractivity contribution in [1.29, 1.82) is 5.26 Å². The van der Waals surface area contributed by atoms with Crippen molar-refractivity contribution in [1.82, 2.24) is 30.2 Å². The molecule has 3 saturated heterocycles. The van der Waals surface area contributed by atoms with Gasteiger partial charge in [-0.3, -0.25) is 28.8 Å². The number of carbonyl (C=O) groups excluding carboxylic acids is 6. The number of Topliss-reactive ketones (excluding diaryl/α,β-unsaturated/α-hetero) is 3. The minimum atomic E-state index is -0.731. The summed E-state index contributed by atoms with van der Waals surface area (Å²) in [6.07, 6.45) is -0.0735. The van der Waals surface area contributed by atoms with E-state index in [9.17, 15) is 44.1 Å². The SMILES string of the molecule is CC(C)C(C(=O)N1CC(O)CC1C(=O)CCc1ccc(C#N)cc1)c1cc(C(C)(C)C)no1.CC(CC(=O)C1CC(O)CN1C(=O)C(c1cc(C(C)(C)C)no1)C(C)C)c1ccc(Cl)cc1.CC(CC(=O)C1CC(O)CN1C(=O)C(c1cc(C(C)(C)C)no1)C(C)C)c1ccc(Cl)cc1. The van der Waals surface area contributed by atoms with E-state index in [4.69, 9.17) is 42.0 Å². The number of ketones is 3. The number of halogens is 2. The fourth-order valence-electron chi connectivity index (χ4n) is 13.1. The Balaban J connectivity index is 0.000000209. The van der Waals surface area contributed by atoms with Crippen LogP contribution < -0.4 is 0 Å². The first kappa shape index (κ1) is 79.0. The molecule has 3 aromatic carbocycles. The fraction of sp³-hybridized carbons (Fsp3) is 0.564. The highest BCUT2D eigenvalue weighted by Gasteiger charge is 2.47. The molecule has 3 aliphatic rings. The maximum Gasteiger partial charge on any atom is 0.234 e. The van der Waals surface area contributed by atoms with E-state index in [0.29, 0.717) is 39.3 Å². The zero-order chi connectivity index (χ0) is 73.3. The third kappa shape index (κ3) is 20.5. The molecule has 0 aliphatic carbocycles. The van der Waals surface area contributed by atoms with Crippen LogP contribution in [0.2, 0.25) is 10.0 Å². The topological polar surface area (TPSA) is 275 Å². The first-order chi connectivity index (χ1) is 46.3. The van der Waals surface area contributed by atoms with Crippen LogP contribution in [-0.4, -0.2) is 137 Å². The van der Waals surface area contributed by atoms with Crippen LogP contribution in [0.5, 0.6) is 0 Å². The second-order valence-corrected chi connectivity index (χ2v) is 32.3. The zero-order valence-corrected chi connectivity index (χ0v) is 62.2. The van der Waals surface area contributed by atoms with E-state index >= 15 is 0 Å².